The first-order chi connectivity index (χ1) is 15.9. The van der Waals surface area contributed by atoms with Crippen molar-refractivity contribution in [3.8, 4) is 34.0 Å². The second-order valence-electron chi connectivity index (χ2n) is 8.11. The van der Waals surface area contributed by atoms with Crippen LogP contribution in [0.25, 0.3) is 22.5 Å². The Labute approximate surface area is 195 Å². The molecule has 0 spiro atoms. The van der Waals surface area contributed by atoms with Crippen LogP contribution in [0.5, 0.6) is 11.5 Å². The van der Waals surface area contributed by atoms with Gasteiger partial charge in [0.05, 0.1) is 30.1 Å². The third kappa shape index (κ3) is 3.52. The van der Waals surface area contributed by atoms with E-state index in [9.17, 15) is 4.79 Å². The van der Waals surface area contributed by atoms with Crippen LogP contribution < -0.4 is 14.8 Å². The number of amides is 1. The largest absolute Gasteiger partial charge is 0.496 e. The topological polar surface area (TPSA) is 81.5 Å². The van der Waals surface area contributed by atoms with E-state index in [4.69, 9.17) is 26.1 Å². The van der Waals surface area contributed by atoms with E-state index in [0.717, 1.165) is 0 Å². The summed E-state index contributed by atoms with van der Waals surface area (Å²) in [6.45, 7) is 3.93. The Bertz CT molecular complexity index is 1260. The van der Waals surface area contributed by atoms with Crippen molar-refractivity contribution in [2.75, 3.05) is 33.4 Å². The molecule has 2 aliphatic heterocycles. The highest BCUT2D eigenvalue weighted by molar-refractivity contribution is 6.35. The van der Waals surface area contributed by atoms with Gasteiger partial charge in [-0.15, -0.1) is 0 Å². The Balaban J connectivity index is 1.83. The highest BCUT2D eigenvalue weighted by Gasteiger charge is 2.38. The minimum absolute atomic E-state index is 0.0693. The molecule has 5 rings (SSSR count). The molecule has 10 heteroatoms. The lowest BCUT2D eigenvalue weighted by molar-refractivity contribution is 0.0607. The number of hydrogen-bond donors (Lipinski definition) is 1. The van der Waals surface area contributed by atoms with E-state index >= 15 is 4.39 Å². The highest BCUT2D eigenvalue weighted by Crippen LogP contribution is 2.46. The van der Waals surface area contributed by atoms with Gasteiger partial charge in [0.2, 0.25) is 0 Å². The Morgan fingerprint density at radius 1 is 1.30 bits per heavy atom. The van der Waals surface area contributed by atoms with Crippen LogP contribution in [-0.2, 0) is 7.05 Å². The molecule has 0 aliphatic carbocycles. The summed E-state index contributed by atoms with van der Waals surface area (Å²) in [5.41, 5.74) is 2.19. The second-order valence-corrected chi connectivity index (χ2v) is 8.49. The Morgan fingerprint density at radius 2 is 2.12 bits per heavy atom. The summed E-state index contributed by atoms with van der Waals surface area (Å²) in [7, 11) is 3.24. The van der Waals surface area contributed by atoms with Gasteiger partial charge in [-0.2, -0.15) is 5.10 Å². The van der Waals surface area contributed by atoms with Gasteiger partial charge in [-0.3, -0.25) is 9.48 Å². The van der Waals surface area contributed by atoms with Gasteiger partial charge in [-0.05, 0) is 19.1 Å². The van der Waals surface area contributed by atoms with E-state index < -0.39 is 5.82 Å². The number of aromatic nitrogens is 3. The zero-order valence-corrected chi connectivity index (χ0v) is 19.2. The van der Waals surface area contributed by atoms with Crippen LogP contribution in [0.1, 0.15) is 16.1 Å². The van der Waals surface area contributed by atoms with Crippen LogP contribution in [0.15, 0.2) is 24.4 Å². The standard InChI is InChI=1S/C23H23ClFN5O3/c1-12-14(10-29(2)28-12)20-18-22(33-11-13-9-26-7-8-30(13)23(18)31)19(24)21(27-20)17-15(25)5-4-6-16(17)32-3/h4-6,10,13,26H,7-9,11H2,1-3H3. The molecule has 1 atom stereocenters. The predicted molar refractivity (Wildman–Crippen MR) is 121 cm³/mol. The molecule has 1 N–H and O–H groups in total. The van der Waals surface area contributed by atoms with Crippen LogP contribution >= 0.6 is 11.6 Å². The fraction of sp³-hybridized carbons (Fsp3) is 0.348. The van der Waals surface area contributed by atoms with E-state index in [-0.39, 0.29) is 51.9 Å². The van der Waals surface area contributed by atoms with Crippen molar-refractivity contribution < 1.29 is 18.7 Å². The van der Waals surface area contributed by atoms with Crippen molar-refractivity contribution in [2.24, 2.45) is 7.05 Å². The van der Waals surface area contributed by atoms with Crippen molar-refractivity contribution in [2.45, 2.75) is 13.0 Å². The summed E-state index contributed by atoms with van der Waals surface area (Å²) in [6, 6.07) is 4.35. The molecule has 2 aliphatic rings. The normalized spacial score (nSPS) is 17.8. The van der Waals surface area contributed by atoms with Gasteiger partial charge >= 0.3 is 0 Å². The zero-order chi connectivity index (χ0) is 23.3. The van der Waals surface area contributed by atoms with Crippen molar-refractivity contribution in [3.05, 3.63) is 46.5 Å². The lowest BCUT2D eigenvalue weighted by atomic mass is 10.0. The number of pyridine rings is 1. The SMILES string of the molecule is COc1cccc(F)c1-c1nc(-c2cn(C)nc2C)c2c(c1Cl)OCC1CNCCN1C2=O. The molecule has 1 saturated heterocycles. The third-order valence-electron chi connectivity index (χ3n) is 6.04. The summed E-state index contributed by atoms with van der Waals surface area (Å²) in [4.78, 5) is 20.3. The Hall–Kier alpha value is -3.17. The lowest BCUT2D eigenvalue weighted by Crippen LogP contribution is -2.54. The van der Waals surface area contributed by atoms with Gasteiger partial charge in [0, 0.05) is 38.4 Å². The van der Waals surface area contributed by atoms with Crippen LogP contribution in [0.2, 0.25) is 5.02 Å². The molecule has 0 bridgehead atoms. The van der Waals surface area contributed by atoms with Crippen molar-refractivity contribution in [1.82, 2.24) is 25.0 Å². The number of carbonyl (C=O) groups is 1. The number of piperazine rings is 1. The number of nitrogens with one attached hydrogen (secondary N) is 1. The van der Waals surface area contributed by atoms with Crippen LogP contribution in [0.4, 0.5) is 4.39 Å². The number of aryl methyl sites for hydroxylation is 2. The molecular weight excluding hydrogens is 449 g/mol. The zero-order valence-electron chi connectivity index (χ0n) is 18.5. The third-order valence-corrected chi connectivity index (χ3v) is 6.39. The fourth-order valence-corrected chi connectivity index (χ4v) is 4.76. The number of hydrogen-bond acceptors (Lipinski definition) is 6. The summed E-state index contributed by atoms with van der Waals surface area (Å²) < 4.78 is 28.2. The molecule has 33 heavy (non-hydrogen) atoms. The summed E-state index contributed by atoms with van der Waals surface area (Å²) in [5.74, 6) is -0.280. The second kappa shape index (κ2) is 8.31. The number of benzene rings is 1. The van der Waals surface area contributed by atoms with Crippen molar-refractivity contribution in [1.29, 1.82) is 0 Å². The maximum absolute atomic E-state index is 15.0. The summed E-state index contributed by atoms with van der Waals surface area (Å²) in [6.07, 6.45) is 1.78. The average molecular weight is 472 g/mol. The van der Waals surface area contributed by atoms with Gasteiger partial charge in [0.25, 0.3) is 5.91 Å². The van der Waals surface area contributed by atoms with E-state index in [0.29, 0.717) is 36.6 Å². The number of halogens is 2. The molecule has 0 saturated carbocycles. The quantitative estimate of drug-likeness (QED) is 0.632. The predicted octanol–water partition coefficient (Wildman–Crippen LogP) is 3.07. The first-order valence-corrected chi connectivity index (χ1v) is 11.0. The minimum atomic E-state index is -0.542. The number of ether oxygens (including phenoxy) is 2. The first-order valence-electron chi connectivity index (χ1n) is 10.6. The first kappa shape index (κ1) is 21.7. The summed E-state index contributed by atoms with van der Waals surface area (Å²) in [5, 5.41) is 7.77. The van der Waals surface area contributed by atoms with Gasteiger partial charge < -0.3 is 19.7 Å². The van der Waals surface area contributed by atoms with Gasteiger partial charge in [-0.1, -0.05) is 17.7 Å². The average Bonchev–Trinajstić information content (AvgIpc) is 3.07. The van der Waals surface area contributed by atoms with Crippen molar-refractivity contribution in [3.63, 3.8) is 0 Å². The van der Waals surface area contributed by atoms with E-state index in [2.05, 4.69) is 10.4 Å². The van der Waals surface area contributed by atoms with E-state index in [1.807, 2.05) is 6.92 Å². The molecule has 8 nitrogen and oxygen atoms in total. The summed E-state index contributed by atoms with van der Waals surface area (Å²) >= 11 is 6.78. The minimum Gasteiger partial charge on any atom is -0.496 e. The number of carbonyl (C=O) groups excluding carboxylic acids is 1. The van der Waals surface area contributed by atoms with Gasteiger partial charge in [0.15, 0.2) is 5.75 Å². The van der Waals surface area contributed by atoms with Gasteiger partial charge in [-0.25, -0.2) is 9.37 Å². The Morgan fingerprint density at radius 3 is 2.85 bits per heavy atom. The van der Waals surface area contributed by atoms with Crippen LogP contribution in [0.3, 0.4) is 0 Å². The number of methoxy groups -OCH3 is 1. The maximum Gasteiger partial charge on any atom is 0.260 e. The number of fused-ring (bicyclic) bond motifs is 2. The van der Waals surface area contributed by atoms with Crippen LogP contribution in [-0.4, -0.2) is 65.0 Å². The van der Waals surface area contributed by atoms with Gasteiger partial charge in [0.1, 0.15) is 34.5 Å². The van der Waals surface area contributed by atoms with E-state index in [1.54, 1.807) is 35.0 Å². The number of rotatable bonds is 3. The van der Waals surface area contributed by atoms with Crippen molar-refractivity contribution >= 4 is 17.5 Å². The maximum atomic E-state index is 15.0. The molecule has 4 heterocycles. The van der Waals surface area contributed by atoms with E-state index in [1.165, 1.54) is 13.2 Å². The fourth-order valence-electron chi connectivity index (χ4n) is 4.47. The molecule has 1 unspecified atom stereocenters. The molecule has 1 fully saturated rings. The monoisotopic (exact) mass is 471 g/mol. The number of nitrogens with zero attached hydrogens (tertiary/aromatic N) is 4. The smallest absolute Gasteiger partial charge is 0.260 e. The Kier molecular flexibility index (Phi) is 5.46. The lowest BCUT2D eigenvalue weighted by Gasteiger charge is -2.34. The molecule has 2 aromatic heterocycles. The molecule has 3 aromatic rings. The molecule has 1 aromatic carbocycles. The molecular formula is C23H23ClFN5O3. The molecule has 0 radical (unpaired) electrons. The highest BCUT2D eigenvalue weighted by atomic mass is 35.5. The van der Waals surface area contributed by atoms with Crippen LogP contribution in [0, 0.1) is 12.7 Å². The molecule has 1 amide bonds. The molecule has 172 valence electrons.